The number of hydrogen-bond acceptors (Lipinski definition) is 5. The van der Waals surface area contributed by atoms with E-state index < -0.39 is 10.8 Å². The standard InChI is InChI=1S/C14H19N3O2S/c1-10(2)14-16-13(17-19-14)8-15-12-6-4-5-11(7-12)9-20(3)18/h4-7,10,15H,8-9H2,1-3H3/t20-/m1/s1. The van der Waals surface area contributed by atoms with Crippen molar-refractivity contribution in [1.82, 2.24) is 10.1 Å². The number of anilines is 1. The molecule has 0 spiro atoms. The first kappa shape index (κ1) is 14.7. The molecule has 108 valence electrons. The second kappa shape index (κ2) is 6.65. The third-order valence-corrected chi connectivity index (χ3v) is 3.47. The maximum Gasteiger partial charge on any atom is 0.229 e. The molecule has 0 aliphatic heterocycles. The van der Waals surface area contributed by atoms with E-state index in [1.165, 1.54) is 0 Å². The zero-order valence-electron chi connectivity index (χ0n) is 11.9. The van der Waals surface area contributed by atoms with E-state index in [9.17, 15) is 4.21 Å². The highest BCUT2D eigenvalue weighted by Crippen LogP contribution is 2.14. The Balaban J connectivity index is 1.97. The summed E-state index contributed by atoms with van der Waals surface area (Å²) in [5, 5.41) is 7.17. The van der Waals surface area contributed by atoms with E-state index in [4.69, 9.17) is 4.52 Å². The Bertz CT molecular complexity index is 596. The lowest BCUT2D eigenvalue weighted by atomic mass is 10.2. The highest BCUT2D eigenvalue weighted by molar-refractivity contribution is 7.83. The fourth-order valence-corrected chi connectivity index (χ4v) is 2.41. The maximum atomic E-state index is 11.2. The van der Waals surface area contributed by atoms with Crippen molar-refractivity contribution in [2.75, 3.05) is 11.6 Å². The summed E-state index contributed by atoms with van der Waals surface area (Å²) in [6.45, 7) is 4.53. The van der Waals surface area contributed by atoms with Gasteiger partial charge in [-0.25, -0.2) is 0 Å². The van der Waals surface area contributed by atoms with Crippen molar-refractivity contribution in [2.24, 2.45) is 0 Å². The molecule has 0 saturated heterocycles. The first-order valence-electron chi connectivity index (χ1n) is 6.50. The van der Waals surface area contributed by atoms with Gasteiger partial charge in [0.2, 0.25) is 5.89 Å². The quantitative estimate of drug-likeness (QED) is 0.887. The van der Waals surface area contributed by atoms with Gasteiger partial charge in [-0.1, -0.05) is 31.1 Å². The number of aromatic nitrogens is 2. The predicted octanol–water partition coefficient (Wildman–Crippen LogP) is 2.68. The normalized spacial score (nSPS) is 12.6. The van der Waals surface area contributed by atoms with Crippen LogP contribution in [-0.4, -0.2) is 20.6 Å². The van der Waals surface area contributed by atoms with E-state index in [0.717, 1.165) is 11.3 Å². The topological polar surface area (TPSA) is 68.0 Å². The van der Waals surface area contributed by atoms with Gasteiger partial charge in [-0.3, -0.25) is 4.21 Å². The van der Waals surface area contributed by atoms with Crippen LogP contribution in [0.5, 0.6) is 0 Å². The summed E-state index contributed by atoms with van der Waals surface area (Å²) < 4.78 is 16.4. The summed E-state index contributed by atoms with van der Waals surface area (Å²) >= 11 is 0. The van der Waals surface area contributed by atoms with Gasteiger partial charge < -0.3 is 9.84 Å². The zero-order chi connectivity index (χ0) is 14.5. The van der Waals surface area contributed by atoms with Gasteiger partial charge in [-0.05, 0) is 17.7 Å². The lowest BCUT2D eigenvalue weighted by molar-refractivity contribution is 0.361. The molecule has 0 radical (unpaired) electrons. The minimum absolute atomic E-state index is 0.235. The first-order chi connectivity index (χ1) is 9.54. The van der Waals surface area contributed by atoms with Crippen molar-refractivity contribution in [3.05, 3.63) is 41.5 Å². The van der Waals surface area contributed by atoms with E-state index in [1.54, 1.807) is 6.26 Å². The molecule has 5 nitrogen and oxygen atoms in total. The Morgan fingerprint density at radius 2 is 2.20 bits per heavy atom. The van der Waals surface area contributed by atoms with Crippen LogP contribution >= 0.6 is 0 Å². The molecule has 1 heterocycles. The number of hydrogen-bond donors (Lipinski definition) is 1. The Morgan fingerprint density at radius 1 is 1.40 bits per heavy atom. The molecule has 1 aromatic heterocycles. The molecule has 0 amide bonds. The van der Waals surface area contributed by atoms with Crippen molar-refractivity contribution >= 4 is 16.5 Å². The molecule has 20 heavy (non-hydrogen) atoms. The van der Waals surface area contributed by atoms with E-state index in [1.807, 2.05) is 38.1 Å². The fourth-order valence-electron chi connectivity index (χ4n) is 1.76. The van der Waals surface area contributed by atoms with Crippen molar-refractivity contribution < 1.29 is 8.73 Å². The summed E-state index contributed by atoms with van der Waals surface area (Å²) in [7, 11) is -0.834. The van der Waals surface area contributed by atoms with Gasteiger partial charge in [0, 0.05) is 34.4 Å². The molecule has 0 fully saturated rings. The monoisotopic (exact) mass is 293 g/mol. The summed E-state index contributed by atoms with van der Waals surface area (Å²) in [5.41, 5.74) is 2.01. The number of nitrogens with one attached hydrogen (secondary N) is 1. The largest absolute Gasteiger partial charge is 0.378 e. The molecule has 2 rings (SSSR count). The molecular formula is C14H19N3O2S. The Labute approximate surface area is 121 Å². The van der Waals surface area contributed by atoms with Gasteiger partial charge in [0.05, 0.1) is 6.54 Å². The third-order valence-electron chi connectivity index (χ3n) is 2.73. The second-order valence-electron chi connectivity index (χ2n) is 4.98. The maximum absolute atomic E-state index is 11.2. The number of benzene rings is 1. The lowest BCUT2D eigenvalue weighted by Crippen LogP contribution is -2.02. The van der Waals surface area contributed by atoms with Gasteiger partial charge in [-0.2, -0.15) is 4.98 Å². The van der Waals surface area contributed by atoms with E-state index in [0.29, 0.717) is 24.0 Å². The molecule has 2 aromatic rings. The summed E-state index contributed by atoms with van der Waals surface area (Å²) in [6.07, 6.45) is 1.70. The molecule has 6 heteroatoms. The molecule has 0 saturated carbocycles. The predicted molar refractivity (Wildman–Crippen MR) is 79.9 cm³/mol. The highest BCUT2D eigenvalue weighted by Gasteiger charge is 2.09. The molecule has 0 unspecified atom stereocenters. The van der Waals surface area contributed by atoms with Gasteiger partial charge in [0.15, 0.2) is 5.82 Å². The summed E-state index contributed by atoms with van der Waals surface area (Å²) in [5.74, 6) is 2.09. The van der Waals surface area contributed by atoms with Crippen LogP contribution in [0.15, 0.2) is 28.8 Å². The average molecular weight is 293 g/mol. The van der Waals surface area contributed by atoms with Crippen LogP contribution in [0, 0.1) is 0 Å². The van der Waals surface area contributed by atoms with Crippen molar-refractivity contribution in [3.63, 3.8) is 0 Å². The molecular weight excluding hydrogens is 274 g/mol. The van der Waals surface area contributed by atoms with Crippen molar-refractivity contribution in [3.8, 4) is 0 Å². The molecule has 1 N–H and O–H groups in total. The van der Waals surface area contributed by atoms with Crippen LogP contribution in [0.25, 0.3) is 0 Å². The first-order valence-corrected chi connectivity index (χ1v) is 8.22. The molecule has 1 aromatic carbocycles. The molecule has 0 bridgehead atoms. The zero-order valence-corrected chi connectivity index (χ0v) is 12.7. The van der Waals surface area contributed by atoms with Crippen LogP contribution in [0.4, 0.5) is 5.69 Å². The van der Waals surface area contributed by atoms with Crippen LogP contribution in [0.1, 0.15) is 37.0 Å². The summed E-state index contributed by atoms with van der Waals surface area (Å²) in [4.78, 5) is 4.31. The summed E-state index contributed by atoms with van der Waals surface area (Å²) in [6, 6.07) is 7.87. The number of nitrogens with zero attached hydrogens (tertiary/aromatic N) is 2. The Morgan fingerprint density at radius 3 is 2.85 bits per heavy atom. The van der Waals surface area contributed by atoms with Gasteiger partial charge in [0.25, 0.3) is 0 Å². The fraction of sp³-hybridized carbons (Fsp3) is 0.429. The lowest BCUT2D eigenvalue weighted by Gasteiger charge is -2.05. The second-order valence-corrected chi connectivity index (χ2v) is 6.41. The van der Waals surface area contributed by atoms with Crippen LogP contribution in [0.3, 0.4) is 0 Å². The molecule has 0 aliphatic rings. The van der Waals surface area contributed by atoms with E-state index >= 15 is 0 Å². The average Bonchev–Trinajstić information content (AvgIpc) is 2.85. The van der Waals surface area contributed by atoms with E-state index in [2.05, 4.69) is 15.5 Å². The smallest absolute Gasteiger partial charge is 0.229 e. The van der Waals surface area contributed by atoms with Gasteiger partial charge in [-0.15, -0.1) is 0 Å². The van der Waals surface area contributed by atoms with E-state index in [-0.39, 0.29) is 5.92 Å². The van der Waals surface area contributed by atoms with Crippen LogP contribution < -0.4 is 5.32 Å². The van der Waals surface area contributed by atoms with Gasteiger partial charge in [0.1, 0.15) is 0 Å². The van der Waals surface area contributed by atoms with Crippen molar-refractivity contribution in [1.29, 1.82) is 0 Å². The Hall–Kier alpha value is -1.69. The van der Waals surface area contributed by atoms with Crippen LogP contribution in [-0.2, 0) is 23.1 Å². The minimum atomic E-state index is -0.834. The highest BCUT2D eigenvalue weighted by atomic mass is 32.2. The molecule has 0 aliphatic carbocycles. The number of rotatable bonds is 6. The van der Waals surface area contributed by atoms with Gasteiger partial charge >= 0.3 is 0 Å². The Kier molecular flexibility index (Phi) is 4.89. The third kappa shape index (κ3) is 4.16. The SMILES string of the molecule is CC(C)c1nc(CNc2cccc(C[S@@](C)=O)c2)no1. The van der Waals surface area contributed by atoms with Crippen molar-refractivity contribution in [2.45, 2.75) is 32.1 Å². The minimum Gasteiger partial charge on any atom is -0.378 e. The van der Waals surface area contributed by atoms with Crippen LogP contribution in [0.2, 0.25) is 0 Å². The molecule has 1 atom stereocenters.